The highest BCUT2D eigenvalue weighted by molar-refractivity contribution is 5.88. The standard InChI is InChI=1S/C14H22O3/c1-6-13(15)11(4)8-10(3)9-12(5)14(16)17-7-2/h6,8-9,11,13,15H,1,7H2,2-5H3/b10-8+,12-9+/t11-,13-/m1/s1. The highest BCUT2D eigenvalue weighted by Gasteiger charge is 2.08. The summed E-state index contributed by atoms with van der Waals surface area (Å²) in [4.78, 5) is 11.4. The summed E-state index contributed by atoms with van der Waals surface area (Å²) in [5.74, 6) is -0.337. The van der Waals surface area contributed by atoms with Crippen LogP contribution in [0.1, 0.15) is 27.7 Å². The van der Waals surface area contributed by atoms with Gasteiger partial charge in [-0.15, -0.1) is 6.58 Å². The third-order valence-electron chi connectivity index (χ3n) is 2.35. The van der Waals surface area contributed by atoms with Crippen molar-refractivity contribution < 1.29 is 14.6 Å². The van der Waals surface area contributed by atoms with Crippen LogP contribution in [-0.2, 0) is 9.53 Å². The second-order valence-electron chi connectivity index (χ2n) is 4.04. The quantitative estimate of drug-likeness (QED) is 0.335. The second-order valence-corrected chi connectivity index (χ2v) is 4.04. The molecule has 0 unspecified atom stereocenters. The van der Waals surface area contributed by atoms with Gasteiger partial charge in [0, 0.05) is 11.5 Å². The first-order chi connectivity index (χ1) is 7.92. The molecular formula is C14H22O3. The fraction of sp³-hybridized carbons (Fsp3) is 0.500. The van der Waals surface area contributed by atoms with E-state index in [0.717, 1.165) is 5.57 Å². The summed E-state index contributed by atoms with van der Waals surface area (Å²) in [6.07, 6.45) is 4.58. The predicted molar refractivity (Wildman–Crippen MR) is 69.5 cm³/mol. The molecule has 1 N–H and O–H groups in total. The Kier molecular flexibility index (Phi) is 7.22. The molecule has 2 atom stereocenters. The fourth-order valence-corrected chi connectivity index (χ4v) is 1.42. The van der Waals surface area contributed by atoms with Crippen molar-refractivity contribution in [3.63, 3.8) is 0 Å². The third kappa shape index (κ3) is 6.07. The molecule has 3 nitrogen and oxygen atoms in total. The number of hydrogen-bond donors (Lipinski definition) is 1. The van der Waals surface area contributed by atoms with Crippen LogP contribution >= 0.6 is 0 Å². The van der Waals surface area contributed by atoms with Crippen LogP contribution in [0, 0.1) is 5.92 Å². The van der Waals surface area contributed by atoms with Crippen molar-refractivity contribution in [2.24, 2.45) is 5.92 Å². The number of allylic oxidation sites excluding steroid dienone is 2. The van der Waals surface area contributed by atoms with E-state index in [2.05, 4.69) is 6.58 Å². The highest BCUT2D eigenvalue weighted by atomic mass is 16.5. The fourth-order valence-electron chi connectivity index (χ4n) is 1.42. The highest BCUT2D eigenvalue weighted by Crippen LogP contribution is 2.11. The van der Waals surface area contributed by atoms with Gasteiger partial charge in [0.05, 0.1) is 12.7 Å². The average Bonchev–Trinajstić information content (AvgIpc) is 2.27. The van der Waals surface area contributed by atoms with E-state index < -0.39 is 6.10 Å². The van der Waals surface area contributed by atoms with E-state index in [-0.39, 0.29) is 11.9 Å². The van der Waals surface area contributed by atoms with Gasteiger partial charge in [-0.05, 0) is 26.8 Å². The third-order valence-corrected chi connectivity index (χ3v) is 2.35. The molecule has 0 spiro atoms. The Morgan fingerprint density at radius 1 is 1.47 bits per heavy atom. The number of aliphatic hydroxyl groups is 1. The van der Waals surface area contributed by atoms with Gasteiger partial charge >= 0.3 is 5.97 Å². The molecule has 0 rings (SSSR count). The van der Waals surface area contributed by atoms with E-state index in [1.54, 1.807) is 19.9 Å². The molecule has 0 amide bonds. The van der Waals surface area contributed by atoms with Crippen LogP contribution in [0.25, 0.3) is 0 Å². The van der Waals surface area contributed by atoms with Crippen molar-refractivity contribution in [2.45, 2.75) is 33.8 Å². The topological polar surface area (TPSA) is 46.5 Å². The lowest BCUT2D eigenvalue weighted by molar-refractivity contribution is -0.138. The molecule has 0 aliphatic heterocycles. The molecular weight excluding hydrogens is 216 g/mol. The minimum atomic E-state index is -0.568. The molecule has 0 heterocycles. The average molecular weight is 238 g/mol. The van der Waals surface area contributed by atoms with E-state index in [9.17, 15) is 9.90 Å². The maximum Gasteiger partial charge on any atom is 0.333 e. The van der Waals surface area contributed by atoms with Crippen LogP contribution in [0.15, 0.2) is 36.0 Å². The van der Waals surface area contributed by atoms with Crippen molar-refractivity contribution in [1.29, 1.82) is 0 Å². The molecule has 0 saturated heterocycles. The first-order valence-electron chi connectivity index (χ1n) is 5.76. The monoisotopic (exact) mass is 238 g/mol. The zero-order valence-electron chi connectivity index (χ0n) is 11.1. The molecule has 0 aromatic rings. The van der Waals surface area contributed by atoms with E-state index in [1.165, 1.54) is 6.08 Å². The lowest BCUT2D eigenvalue weighted by Gasteiger charge is -2.11. The zero-order valence-corrected chi connectivity index (χ0v) is 11.1. The SMILES string of the molecule is C=C[C@@H](O)[C@H](C)/C=C(C)/C=C(\C)C(=O)OCC. The summed E-state index contributed by atoms with van der Waals surface area (Å²) < 4.78 is 4.88. The normalized spacial score (nSPS) is 16.3. The molecule has 0 bridgehead atoms. The maximum absolute atomic E-state index is 11.4. The van der Waals surface area contributed by atoms with Gasteiger partial charge in [-0.2, -0.15) is 0 Å². The first kappa shape index (κ1) is 15.7. The minimum Gasteiger partial charge on any atom is -0.463 e. The van der Waals surface area contributed by atoms with Gasteiger partial charge in [-0.1, -0.05) is 24.6 Å². The Bertz CT molecular complexity index is 326. The molecule has 0 fully saturated rings. The molecule has 0 radical (unpaired) electrons. The number of ether oxygens (including phenoxy) is 1. The van der Waals surface area contributed by atoms with Gasteiger partial charge in [0.15, 0.2) is 0 Å². The molecule has 96 valence electrons. The maximum atomic E-state index is 11.4. The van der Waals surface area contributed by atoms with E-state index in [4.69, 9.17) is 4.74 Å². The lowest BCUT2D eigenvalue weighted by atomic mass is 10.0. The molecule has 0 aromatic carbocycles. The van der Waals surface area contributed by atoms with Crippen molar-refractivity contribution in [3.8, 4) is 0 Å². The molecule has 0 aliphatic carbocycles. The summed E-state index contributed by atoms with van der Waals surface area (Å²) in [7, 11) is 0. The van der Waals surface area contributed by atoms with E-state index >= 15 is 0 Å². The zero-order chi connectivity index (χ0) is 13.4. The van der Waals surface area contributed by atoms with E-state index in [0.29, 0.717) is 12.2 Å². The Morgan fingerprint density at radius 2 is 2.06 bits per heavy atom. The summed E-state index contributed by atoms with van der Waals surface area (Å²) in [5.41, 5.74) is 1.48. The van der Waals surface area contributed by atoms with Crippen molar-refractivity contribution in [3.05, 3.63) is 36.0 Å². The Labute approximate surface area is 103 Å². The van der Waals surface area contributed by atoms with Crippen LogP contribution in [0.5, 0.6) is 0 Å². The molecule has 0 saturated carbocycles. The predicted octanol–water partition coefficient (Wildman–Crippen LogP) is 2.63. The summed E-state index contributed by atoms with van der Waals surface area (Å²) in [5, 5.41) is 9.53. The lowest BCUT2D eigenvalue weighted by Crippen LogP contribution is -2.12. The van der Waals surface area contributed by atoms with Crippen LogP contribution in [0.3, 0.4) is 0 Å². The van der Waals surface area contributed by atoms with Crippen molar-refractivity contribution in [1.82, 2.24) is 0 Å². The van der Waals surface area contributed by atoms with Gasteiger partial charge in [0.1, 0.15) is 0 Å². The number of aliphatic hydroxyl groups excluding tert-OH is 1. The van der Waals surface area contributed by atoms with Gasteiger partial charge in [0.2, 0.25) is 0 Å². The molecule has 0 aromatic heterocycles. The number of carbonyl (C=O) groups is 1. The number of hydrogen-bond acceptors (Lipinski definition) is 3. The second kappa shape index (κ2) is 7.85. The molecule has 0 aliphatic rings. The number of rotatable bonds is 6. The van der Waals surface area contributed by atoms with Crippen LogP contribution in [-0.4, -0.2) is 23.8 Å². The number of esters is 1. The smallest absolute Gasteiger partial charge is 0.333 e. The largest absolute Gasteiger partial charge is 0.463 e. The van der Waals surface area contributed by atoms with Gasteiger partial charge < -0.3 is 9.84 Å². The van der Waals surface area contributed by atoms with Crippen molar-refractivity contribution >= 4 is 5.97 Å². The summed E-state index contributed by atoms with van der Waals surface area (Å²) >= 11 is 0. The van der Waals surface area contributed by atoms with E-state index in [1.807, 2.05) is 19.9 Å². The Morgan fingerprint density at radius 3 is 2.53 bits per heavy atom. The molecule has 3 heteroatoms. The Balaban J connectivity index is 4.65. The summed E-state index contributed by atoms with van der Waals surface area (Å²) in [6, 6.07) is 0. The minimum absolute atomic E-state index is 0.0289. The van der Waals surface area contributed by atoms with Gasteiger partial charge in [-0.25, -0.2) is 4.79 Å². The Hall–Kier alpha value is -1.35. The van der Waals surface area contributed by atoms with Gasteiger partial charge in [0.25, 0.3) is 0 Å². The van der Waals surface area contributed by atoms with Crippen LogP contribution < -0.4 is 0 Å². The van der Waals surface area contributed by atoms with Crippen LogP contribution in [0.4, 0.5) is 0 Å². The first-order valence-corrected chi connectivity index (χ1v) is 5.76. The van der Waals surface area contributed by atoms with Crippen molar-refractivity contribution in [2.75, 3.05) is 6.61 Å². The number of carbonyl (C=O) groups excluding carboxylic acids is 1. The van der Waals surface area contributed by atoms with Crippen LogP contribution in [0.2, 0.25) is 0 Å². The summed E-state index contributed by atoms with van der Waals surface area (Å²) in [6.45, 7) is 11.2. The molecule has 17 heavy (non-hydrogen) atoms. The van der Waals surface area contributed by atoms with Gasteiger partial charge in [-0.3, -0.25) is 0 Å².